The number of rotatable bonds is 18. The van der Waals surface area contributed by atoms with Gasteiger partial charge in [0.05, 0.1) is 12.5 Å². The van der Waals surface area contributed by atoms with E-state index in [4.69, 9.17) is 5.73 Å². The van der Waals surface area contributed by atoms with Crippen LogP contribution in [0.3, 0.4) is 0 Å². The van der Waals surface area contributed by atoms with Crippen LogP contribution in [0.2, 0.25) is 0 Å². The van der Waals surface area contributed by atoms with Crippen LogP contribution in [0.4, 0.5) is 0 Å². The van der Waals surface area contributed by atoms with E-state index < -0.39 is 59.5 Å². The predicted octanol–water partition coefficient (Wildman–Crippen LogP) is 3.64. The maximum absolute atomic E-state index is 13.7. The van der Waals surface area contributed by atoms with Crippen LogP contribution in [-0.2, 0) is 54.5 Å². The van der Waals surface area contributed by atoms with E-state index in [9.17, 15) is 28.8 Å². The van der Waals surface area contributed by atoms with Crippen LogP contribution in [0.1, 0.15) is 29.2 Å². The molecule has 0 radical (unpaired) electrons. The van der Waals surface area contributed by atoms with Gasteiger partial charge >= 0.3 is 0 Å². The van der Waals surface area contributed by atoms with Crippen molar-refractivity contribution in [3.63, 3.8) is 0 Å². The van der Waals surface area contributed by atoms with Crippen LogP contribution in [0.5, 0.6) is 0 Å². The van der Waals surface area contributed by atoms with Crippen molar-refractivity contribution >= 4 is 35.3 Å². The van der Waals surface area contributed by atoms with Crippen LogP contribution in [0, 0.1) is 0 Å². The second-order valence-electron chi connectivity index (χ2n) is 13.5. The van der Waals surface area contributed by atoms with E-state index in [1.165, 1.54) is 6.92 Å². The fourth-order valence-corrected chi connectivity index (χ4v) is 6.14. The lowest BCUT2D eigenvalue weighted by Crippen LogP contribution is -2.57. The normalized spacial score (nSPS) is 12.9. The van der Waals surface area contributed by atoms with Crippen molar-refractivity contribution in [2.45, 2.75) is 56.8 Å². The van der Waals surface area contributed by atoms with Gasteiger partial charge in [0, 0.05) is 19.3 Å². The van der Waals surface area contributed by atoms with Gasteiger partial charge in [0.25, 0.3) is 5.91 Å². The quantitative estimate of drug-likeness (QED) is 0.0855. The Morgan fingerprint density at radius 1 is 0.464 bits per heavy atom. The van der Waals surface area contributed by atoms with Gasteiger partial charge in [0.2, 0.25) is 29.4 Å². The number of amides is 5. The van der Waals surface area contributed by atoms with Crippen molar-refractivity contribution in [3.8, 4) is 11.1 Å². The molecule has 11 heteroatoms. The molecule has 0 heterocycles. The van der Waals surface area contributed by atoms with Crippen LogP contribution < -0.4 is 27.0 Å². The third kappa shape index (κ3) is 12.1. The first-order chi connectivity index (χ1) is 27.0. The van der Waals surface area contributed by atoms with Crippen molar-refractivity contribution in [1.82, 2.24) is 21.3 Å². The third-order valence-electron chi connectivity index (χ3n) is 9.18. The molecule has 0 aliphatic carbocycles. The summed E-state index contributed by atoms with van der Waals surface area (Å²) in [5, 5.41) is 10.5. The molecule has 0 fully saturated rings. The molecule has 0 aromatic heterocycles. The smallest absolute Gasteiger partial charge is 0.290 e. The SMILES string of the molecule is CC(NC(=O)[C@@H](Cc1ccccc1)NC(=O)Cc1ccccc1)C(=O)C(=O)N[C@@H](Cc1ccccc1)C(=O)N[C@@H](Cc1ccc(-c2ccccc2)cc1)C(N)=O. The maximum atomic E-state index is 13.7. The molecule has 56 heavy (non-hydrogen) atoms. The highest BCUT2D eigenvalue weighted by Crippen LogP contribution is 2.20. The van der Waals surface area contributed by atoms with E-state index >= 15 is 0 Å². The molecule has 0 aliphatic rings. The summed E-state index contributed by atoms with van der Waals surface area (Å²) in [5.41, 5.74) is 10.7. The van der Waals surface area contributed by atoms with Gasteiger partial charge in [-0.25, -0.2) is 0 Å². The average Bonchev–Trinajstić information content (AvgIpc) is 3.21. The monoisotopic (exact) mass is 751 g/mol. The zero-order valence-corrected chi connectivity index (χ0v) is 31.0. The minimum absolute atomic E-state index is 0.00369. The molecule has 0 saturated heterocycles. The number of hydrogen-bond acceptors (Lipinski definition) is 6. The highest BCUT2D eigenvalue weighted by Gasteiger charge is 2.32. The highest BCUT2D eigenvalue weighted by atomic mass is 16.2. The Balaban J connectivity index is 1.25. The van der Waals surface area contributed by atoms with Gasteiger partial charge in [-0.15, -0.1) is 0 Å². The second kappa shape index (κ2) is 20.0. The van der Waals surface area contributed by atoms with E-state index in [1.807, 2.05) is 103 Å². The molecule has 0 saturated carbocycles. The summed E-state index contributed by atoms with van der Waals surface area (Å²) in [6.07, 6.45) is 0.266. The molecule has 1 unspecified atom stereocenters. The minimum Gasteiger partial charge on any atom is -0.368 e. The topological polar surface area (TPSA) is 177 Å². The molecule has 4 atom stereocenters. The van der Waals surface area contributed by atoms with Gasteiger partial charge in [0.1, 0.15) is 18.1 Å². The number of benzene rings is 5. The van der Waals surface area contributed by atoms with E-state index in [0.717, 1.165) is 27.8 Å². The number of Topliss-reactive ketones (excluding diaryl/α,β-unsaturated/α-hetero) is 1. The van der Waals surface area contributed by atoms with Crippen molar-refractivity contribution in [3.05, 3.63) is 168 Å². The van der Waals surface area contributed by atoms with Crippen LogP contribution in [0.25, 0.3) is 11.1 Å². The molecule has 5 rings (SSSR count). The Morgan fingerprint density at radius 3 is 1.39 bits per heavy atom. The van der Waals surface area contributed by atoms with Crippen molar-refractivity contribution in [2.75, 3.05) is 0 Å². The number of nitrogens with two attached hydrogens (primary N) is 1. The lowest BCUT2D eigenvalue weighted by atomic mass is 9.99. The van der Waals surface area contributed by atoms with Crippen LogP contribution >= 0.6 is 0 Å². The lowest BCUT2D eigenvalue weighted by Gasteiger charge is -2.23. The molecule has 0 bridgehead atoms. The van der Waals surface area contributed by atoms with E-state index in [1.54, 1.807) is 42.5 Å². The fourth-order valence-electron chi connectivity index (χ4n) is 6.14. The standard InChI is InChI=1S/C45H45N5O6/c1-30(47-43(54)38(27-31-14-6-2-7-15-31)48-40(51)29-33-18-10-4-11-19-33)41(52)45(56)50-39(28-32-16-8-3-9-17-32)44(55)49-37(42(46)53)26-34-22-24-36(25-23-34)35-20-12-5-13-21-35/h2-25,30,37-39H,26-29H2,1H3,(H2,46,53)(H,47,54)(H,48,51)(H,49,55)(H,50,56)/t30?,37-,38+,39-/m0/s1. The predicted molar refractivity (Wildman–Crippen MR) is 214 cm³/mol. The van der Waals surface area contributed by atoms with Crippen molar-refractivity contribution < 1.29 is 28.8 Å². The Morgan fingerprint density at radius 2 is 0.875 bits per heavy atom. The molecule has 6 N–H and O–H groups in total. The molecule has 0 aliphatic heterocycles. The number of primary amides is 1. The number of nitrogens with one attached hydrogen (secondary N) is 4. The van der Waals surface area contributed by atoms with E-state index in [2.05, 4.69) is 21.3 Å². The Kier molecular flexibility index (Phi) is 14.4. The van der Waals surface area contributed by atoms with Crippen molar-refractivity contribution in [1.29, 1.82) is 0 Å². The minimum atomic E-state index is -1.32. The molecular weight excluding hydrogens is 707 g/mol. The van der Waals surface area contributed by atoms with Gasteiger partial charge < -0.3 is 27.0 Å². The zero-order chi connectivity index (χ0) is 39.9. The lowest BCUT2D eigenvalue weighted by molar-refractivity contribution is -0.141. The number of hydrogen-bond donors (Lipinski definition) is 5. The van der Waals surface area contributed by atoms with Crippen molar-refractivity contribution in [2.24, 2.45) is 5.73 Å². The summed E-state index contributed by atoms with van der Waals surface area (Å²) >= 11 is 0. The van der Waals surface area contributed by atoms with Gasteiger partial charge in [-0.2, -0.15) is 0 Å². The van der Waals surface area contributed by atoms with E-state index in [-0.39, 0.29) is 25.7 Å². The average molecular weight is 752 g/mol. The van der Waals surface area contributed by atoms with Gasteiger partial charge in [-0.3, -0.25) is 28.8 Å². The molecule has 5 aromatic carbocycles. The Bertz CT molecular complexity index is 2100. The Labute approximate surface area is 326 Å². The summed E-state index contributed by atoms with van der Waals surface area (Å²) in [6, 6.07) is 39.5. The maximum Gasteiger partial charge on any atom is 0.290 e. The van der Waals surface area contributed by atoms with Crippen LogP contribution in [0.15, 0.2) is 146 Å². The number of carbonyl (C=O) groups is 6. The molecule has 11 nitrogen and oxygen atoms in total. The molecule has 286 valence electrons. The first kappa shape index (κ1) is 40.3. The summed E-state index contributed by atoms with van der Waals surface area (Å²) in [4.78, 5) is 79.7. The zero-order valence-electron chi connectivity index (χ0n) is 31.0. The summed E-state index contributed by atoms with van der Waals surface area (Å²) < 4.78 is 0. The molecule has 0 spiro atoms. The summed E-state index contributed by atoms with van der Waals surface area (Å²) in [6.45, 7) is 1.35. The van der Waals surface area contributed by atoms with Gasteiger partial charge in [0.15, 0.2) is 0 Å². The van der Waals surface area contributed by atoms with Crippen LogP contribution in [-0.4, -0.2) is 59.5 Å². The van der Waals surface area contributed by atoms with E-state index in [0.29, 0.717) is 5.56 Å². The number of carbonyl (C=O) groups excluding carboxylic acids is 6. The van der Waals surface area contributed by atoms with Gasteiger partial charge in [-0.1, -0.05) is 146 Å². The first-order valence-corrected chi connectivity index (χ1v) is 18.4. The highest BCUT2D eigenvalue weighted by molar-refractivity contribution is 6.38. The van der Waals surface area contributed by atoms with Gasteiger partial charge in [-0.05, 0) is 40.3 Å². The number of ketones is 1. The second-order valence-corrected chi connectivity index (χ2v) is 13.5. The Hall–Kier alpha value is -6.88. The molecular formula is C45H45N5O6. The fraction of sp³-hybridized carbons (Fsp3) is 0.200. The molecule has 5 aromatic rings. The largest absolute Gasteiger partial charge is 0.368 e. The first-order valence-electron chi connectivity index (χ1n) is 18.4. The summed E-state index contributed by atoms with van der Waals surface area (Å²) in [7, 11) is 0. The summed E-state index contributed by atoms with van der Waals surface area (Å²) in [5.74, 6) is -4.68. The molecule has 5 amide bonds. The third-order valence-corrected chi connectivity index (χ3v) is 9.18.